The molecule has 0 saturated heterocycles. The molecule has 1 saturated carbocycles. The van der Waals surface area contributed by atoms with Gasteiger partial charge in [0.15, 0.2) is 6.29 Å². The number of nitrogens with zero attached hydrogens (tertiary/aromatic N) is 3. The van der Waals surface area contributed by atoms with E-state index in [0.29, 0.717) is 23.2 Å². The average molecular weight is 268 g/mol. The van der Waals surface area contributed by atoms with Crippen molar-refractivity contribution in [3.63, 3.8) is 0 Å². The maximum atomic E-state index is 11.2. The third kappa shape index (κ3) is 2.48. The lowest BCUT2D eigenvalue weighted by Gasteiger charge is -2.30. The van der Waals surface area contributed by atoms with Crippen molar-refractivity contribution in [2.45, 2.75) is 45.6 Å². The molecule has 0 aliphatic heterocycles. The molecule has 1 aliphatic rings. The van der Waals surface area contributed by atoms with Crippen LogP contribution in [0.1, 0.15) is 48.8 Å². The number of anilines is 1. The van der Waals surface area contributed by atoms with Crippen LogP contribution < -0.4 is 4.90 Å². The fraction of sp³-hybridized carbons (Fsp3) is 0.615. The summed E-state index contributed by atoms with van der Waals surface area (Å²) < 4.78 is 0. The summed E-state index contributed by atoms with van der Waals surface area (Å²) in [5.41, 5.74) is 0.413. The van der Waals surface area contributed by atoms with E-state index in [9.17, 15) is 4.79 Å². The number of aldehydes is 1. The molecule has 0 aromatic carbocycles. The van der Waals surface area contributed by atoms with E-state index in [2.05, 4.69) is 21.8 Å². The van der Waals surface area contributed by atoms with E-state index in [1.54, 1.807) is 6.92 Å². The Balaban J connectivity index is 2.43. The van der Waals surface area contributed by atoms with E-state index in [1.807, 2.05) is 0 Å². The van der Waals surface area contributed by atoms with Gasteiger partial charge in [-0.3, -0.25) is 4.79 Å². The summed E-state index contributed by atoms with van der Waals surface area (Å²) in [6, 6.07) is 0.471. The molecule has 1 aromatic rings. The number of halogens is 1. The highest BCUT2D eigenvalue weighted by Gasteiger charge is 2.25. The monoisotopic (exact) mass is 267 g/mol. The summed E-state index contributed by atoms with van der Waals surface area (Å²) >= 11 is 6.03. The minimum atomic E-state index is 0.254. The van der Waals surface area contributed by atoms with Crippen LogP contribution in [0.3, 0.4) is 0 Å². The van der Waals surface area contributed by atoms with Gasteiger partial charge in [0.2, 0.25) is 0 Å². The van der Waals surface area contributed by atoms with E-state index >= 15 is 0 Å². The van der Waals surface area contributed by atoms with Crippen molar-refractivity contribution < 1.29 is 4.79 Å². The lowest BCUT2D eigenvalue weighted by molar-refractivity contribution is 0.112. The van der Waals surface area contributed by atoms with Crippen LogP contribution in [-0.4, -0.2) is 28.8 Å². The number of carbonyl (C=O) groups excluding carboxylic acids is 1. The van der Waals surface area contributed by atoms with Gasteiger partial charge in [0.25, 0.3) is 0 Å². The fourth-order valence-electron chi connectivity index (χ4n) is 2.65. The molecule has 1 aromatic heterocycles. The van der Waals surface area contributed by atoms with Crippen LogP contribution in [0.2, 0.25) is 5.15 Å². The van der Waals surface area contributed by atoms with Gasteiger partial charge in [-0.2, -0.15) is 0 Å². The highest BCUT2D eigenvalue weighted by molar-refractivity contribution is 6.32. The SMILES string of the molecule is CCN(c1nc(C)nc(Cl)c1C=O)C1CCCC1. The first-order valence-corrected chi connectivity index (χ1v) is 6.81. The van der Waals surface area contributed by atoms with Crippen LogP contribution in [0.4, 0.5) is 5.82 Å². The van der Waals surface area contributed by atoms with Gasteiger partial charge in [-0.05, 0) is 26.7 Å². The molecule has 0 atom stereocenters. The highest BCUT2D eigenvalue weighted by atomic mass is 35.5. The van der Waals surface area contributed by atoms with Gasteiger partial charge in [-0.1, -0.05) is 24.4 Å². The minimum absolute atomic E-state index is 0.254. The summed E-state index contributed by atoms with van der Waals surface area (Å²) in [5.74, 6) is 1.30. The molecule has 0 radical (unpaired) electrons. The predicted octanol–water partition coefficient (Wildman–Crippen LogP) is 3.02. The number of aromatic nitrogens is 2. The van der Waals surface area contributed by atoms with Crippen molar-refractivity contribution in [1.82, 2.24) is 9.97 Å². The first kappa shape index (κ1) is 13.3. The van der Waals surface area contributed by atoms with Crippen molar-refractivity contribution in [2.75, 3.05) is 11.4 Å². The molecule has 1 aliphatic carbocycles. The van der Waals surface area contributed by atoms with Crippen molar-refractivity contribution in [3.05, 3.63) is 16.5 Å². The minimum Gasteiger partial charge on any atom is -0.353 e. The largest absolute Gasteiger partial charge is 0.353 e. The Bertz CT molecular complexity index is 444. The topological polar surface area (TPSA) is 46.1 Å². The molecule has 0 bridgehead atoms. The molecule has 4 nitrogen and oxygen atoms in total. The summed E-state index contributed by atoms with van der Waals surface area (Å²) in [4.78, 5) is 21.9. The third-order valence-corrected chi connectivity index (χ3v) is 3.77. The molecule has 0 amide bonds. The zero-order valence-electron chi connectivity index (χ0n) is 10.8. The van der Waals surface area contributed by atoms with Crippen molar-refractivity contribution in [2.24, 2.45) is 0 Å². The Morgan fingerprint density at radius 3 is 2.61 bits per heavy atom. The van der Waals surface area contributed by atoms with Crippen molar-refractivity contribution in [3.8, 4) is 0 Å². The van der Waals surface area contributed by atoms with E-state index in [1.165, 1.54) is 12.8 Å². The Labute approximate surface area is 112 Å². The normalized spacial score (nSPS) is 15.9. The van der Waals surface area contributed by atoms with Gasteiger partial charge >= 0.3 is 0 Å². The van der Waals surface area contributed by atoms with Gasteiger partial charge in [0.05, 0.1) is 5.56 Å². The van der Waals surface area contributed by atoms with Crippen LogP contribution in [0.25, 0.3) is 0 Å². The van der Waals surface area contributed by atoms with Crippen LogP contribution >= 0.6 is 11.6 Å². The van der Waals surface area contributed by atoms with E-state index < -0.39 is 0 Å². The molecule has 0 unspecified atom stereocenters. The molecular formula is C13H18ClN3O. The quantitative estimate of drug-likeness (QED) is 0.621. The standard InChI is InChI=1S/C13H18ClN3O/c1-3-17(10-6-4-5-7-10)13-11(8-18)12(14)15-9(2)16-13/h8,10H,3-7H2,1-2H3. The first-order valence-electron chi connectivity index (χ1n) is 6.43. The van der Waals surface area contributed by atoms with Gasteiger partial charge in [-0.25, -0.2) is 9.97 Å². The van der Waals surface area contributed by atoms with Crippen LogP contribution in [0.5, 0.6) is 0 Å². The summed E-state index contributed by atoms with van der Waals surface area (Å²) in [7, 11) is 0. The summed E-state index contributed by atoms with van der Waals surface area (Å²) in [5, 5.41) is 0.254. The number of hydrogen-bond donors (Lipinski definition) is 0. The molecule has 0 N–H and O–H groups in total. The predicted molar refractivity (Wildman–Crippen MR) is 72.4 cm³/mol. The summed E-state index contributed by atoms with van der Waals surface area (Å²) in [6.07, 6.45) is 5.57. The van der Waals surface area contributed by atoms with Gasteiger partial charge in [0, 0.05) is 12.6 Å². The Morgan fingerprint density at radius 1 is 1.39 bits per heavy atom. The zero-order chi connectivity index (χ0) is 13.1. The highest BCUT2D eigenvalue weighted by Crippen LogP contribution is 2.30. The Morgan fingerprint density at radius 2 is 2.06 bits per heavy atom. The lowest BCUT2D eigenvalue weighted by Crippen LogP contribution is -2.34. The third-order valence-electron chi connectivity index (χ3n) is 3.49. The van der Waals surface area contributed by atoms with Gasteiger partial charge in [-0.15, -0.1) is 0 Å². The van der Waals surface area contributed by atoms with Crippen molar-refractivity contribution >= 4 is 23.7 Å². The second-order valence-corrected chi connectivity index (χ2v) is 5.00. The molecular weight excluding hydrogens is 250 g/mol. The molecule has 98 valence electrons. The van der Waals surface area contributed by atoms with Gasteiger partial charge in [0.1, 0.15) is 16.8 Å². The Kier molecular flexibility index (Phi) is 4.17. The maximum Gasteiger partial charge on any atom is 0.156 e. The Hall–Kier alpha value is -1.16. The second kappa shape index (κ2) is 5.65. The van der Waals surface area contributed by atoms with Crippen LogP contribution in [0, 0.1) is 6.92 Å². The molecule has 18 heavy (non-hydrogen) atoms. The van der Waals surface area contributed by atoms with Gasteiger partial charge < -0.3 is 4.90 Å². The molecule has 1 fully saturated rings. The lowest BCUT2D eigenvalue weighted by atomic mass is 10.2. The molecule has 2 rings (SSSR count). The number of aryl methyl sites for hydroxylation is 1. The fourth-order valence-corrected chi connectivity index (χ4v) is 2.90. The van der Waals surface area contributed by atoms with Crippen molar-refractivity contribution in [1.29, 1.82) is 0 Å². The molecule has 0 spiro atoms. The smallest absolute Gasteiger partial charge is 0.156 e. The number of hydrogen-bond acceptors (Lipinski definition) is 4. The number of carbonyl (C=O) groups is 1. The van der Waals surface area contributed by atoms with E-state index in [0.717, 1.165) is 25.7 Å². The average Bonchev–Trinajstić information content (AvgIpc) is 2.83. The summed E-state index contributed by atoms with van der Waals surface area (Å²) in [6.45, 7) is 4.71. The van der Waals surface area contributed by atoms with Crippen LogP contribution in [-0.2, 0) is 0 Å². The second-order valence-electron chi connectivity index (χ2n) is 4.64. The van der Waals surface area contributed by atoms with E-state index in [-0.39, 0.29) is 5.15 Å². The van der Waals surface area contributed by atoms with Crippen LogP contribution in [0.15, 0.2) is 0 Å². The molecule has 5 heteroatoms. The number of rotatable bonds is 4. The maximum absolute atomic E-state index is 11.2. The molecule has 1 heterocycles. The first-order chi connectivity index (χ1) is 8.67. The van der Waals surface area contributed by atoms with E-state index in [4.69, 9.17) is 11.6 Å². The zero-order valence-corrected chi connectivity index (χ0v) is 11.6.